The molecule has 1 heterocycles. The molecule has 0 spiro atoms. The van der Waals surface area contributed by atoms with Crippen molar-refractivity contribution < 1.29 is 0 Å². The summed E-state index contributed by atoms with van der Waals surface area (Å²) < 4.78 is 1.47. The summed E-state index contributed by atoms with van der Waals surface area (Å²) in [6.07, 6.45) is 3.60. The molecule has 0 aliphatic rings. The minimum Gasteiger partial charge on any atom is -0.236 e. The Morgan fingerprint density at radius 1 is 1.31 bits per heavy atom. The Hall–Kier alpha value is -1.82. The third-order valence-electron chi connectivity index (χ3n) is 2.27. The van der Waals surface area contributed by atoms with Crippen LogP contribution in [0.1, 0.15) is 11.1 Å². The summed E-state index contributed by atoms with van der Waals surface area (Å²) in [5.41, 5.74) is 4.15. The highest BCUT2D eigenvalue weighted by Crippen LogP contribution is 2.17. The Bertz CT molecular complexity index is 503. The van der Waals surface area contributed by atoms with Crippen LogP contribution in [-0.4, -0.2) is 9.55 Å². The van der Waals surface area contributed by atoms with Crippen LogP contribution in [0.5, 0.6) is 0 Å². The van der Waals surface area contributed by atoms with E-state index in [9.17, 15) is 0 Å². The van der Waals surface area contributed by atoms with Gasteiger partial charge in [0.25, 0.3) is 0 Å². The number of hydrogen-bond acceptors (Lipinski definition) is 2. The van der Waals surface area contributed by atoms with Gasteiger partial charge in [0.15, 0.2) is 6.19 Å². The van der Waals surface area contributed by atoms with Crippen molar-refractivity contribution in [2.45, 2.75) is 13.8 Å². The van der Waals surface area contributed by atoms with Crippen LogP contribution < -0.4 is 0 Å². The minimum atomic E-state index is 0.879. The van der Waals surface area contributed by atoms with E-state index < -0.39 is 0 Å². The Labute approximate surface area is 76.2 Å². The Kier molecular flexibility index (Phi) is 1.56. The van der Waals surface area contributed by atoms with Crippen LogP contribution in [-0.2, 0) is 0 Å². The molecule has 64 valence electrons. The first kappa shape index (κ1) is 7.81. The molecule has 0 atom stereocenters. The first-order chi connectivity index (χ1) is 6.22. The molecule has 1 aromatic heterocycles. The fourth-order valence-electron chi connectivity index (χ4n) is 1.34. The molecule has 0 saturated carbocycles. The lowest BCUT2D eigenvalue weighted by atomic mass is 10.1. The normalized spacial score (nSPS) is 10.2. The molecule has 0 fully saturated rings. The first-order valence-corrected chi connectivity index (χ1v) is 4.07. The summed E-state index contributed by atoms with van der Waals surface area (Å²) in [5, 5.41) is 8.76. The zero-order valence-corrected chi connectivity index (χ0v) is 7.57. The molecule has 13 heavy (non-hydrogen) atoms. The lowest BCUT2D eigenvalue weighted by molar-refractivity contribution is 1.11. The van der Waals surface area contributed by atoms with E-state index in [1.165, 1.54) is 15.7 Å². The molecule has 0 amide bonds. The lowest BCUT2D eigenvalue weighted by Crippen LogP contribution is -1.86. The van der Waals surface area contributed by atoms with Crippen molar-refractivity contribution in [3.8, 4) is 6.19 Å². The molecule has 1 aromatic carbocycles. The molecular formula is C10H9N3. The van der Waals surface area contributed by atoms with Gasteiger partial charge < -0.3 is 0 Å². The average molecular weight is 171 g/mol. The number of rotatable bonds is 0. The van der Waals surface area contributed by atoms with Crippen LogP contribution in [0.25, 0.3) is 11.0 Å². The number of imidazole rings is 1. The molecule has 0 N–H and O–H groups in total. The maximum Gasteiger partial charge on any atom is 0.190 e. The zero-order valence-electron chi connectivity index (χ0n) is 7.57. The van der Waals surface area contributed by atoms with Crippen molar-refractivity contribution in [1.29, 1.82) is 5.26 Å². The summed E-state index contributed by atoms with van der Waals surface area (Å²) in [5.74, 6) is 0. The number of aryl methyl sites for hydroxylation is 2. The van der Waals surface area contributed by atoms with E-state index >= 15 is 0 Å². The maximum absolute atomic E-state index is 8.76. The van der Waals surface area contributed by atoms with Gasteiger partial charge >= 0.3 is 0 Å². The Morgan fingerprint density at radius 3 is 2.69 bits per heavy atom. The van der Waals surface area contributed by atoms with Gasteiger partial charge in [-0.25, -0.2) is 9.55 Å². The van der Waals surface area contributed by atoms with Crippen LogP contribution >= 0.6 is 0 Å². The summed E-state index contributed by atoms with van der Waals surface area (Å²) in [4.78, 5) is 4.13. The van der Waals surface area contributed by atoms with Crippen LogP contribution in [0, 0.1) is 25.3 Å². The second-order valence-electron chi connectivity index (χ2n) is 3.14. The van der Waals surface area contributed by atoms with Gasteiger partial charge in [-0.1, -0.05) is 0 Å². The van der Waals surface area contributed by atoms with E-state index in [4.69, 9.17) is 5.26 Å². The quantitative estimate of drug-likeness (QED) is 0.608. The fourth-order valence-corrected chi connectivity index (χ4v) is 1.34. The van der Waals surface area contributed by atoms with Gasteiger partial charge in [0, 0.05) is 0 Å². The van der Waals surface area contributed by atoms with Crippen molar-refractivity contribution in [1.82, 2.24) is 9.55 Å². The average Bonchev–Trinajstić information content (AvgIpc) is 2.48. The highest BCUT2D eigenvalue weighted by molar-refractivity contribution is 5.78. The predicted octanol–water partition coefficient (Wildman–Crippen LogP) is 1.98. The molecule has 3 nitrogen and oxygen atoms in total. The Balaban J connectivity index is 2.86. The maximum atomic E-state index is 8.76. The molecule has 0 bridgehead atoms. The van der Waals surface area contributed by atoms with E-state index in [1.807, 2.05) is 26.0 Å². The molecule has 0 unspecified atom stereocenters. The number of nitrogens with zero attached hydrogens (tertiary/aromatic N) is 3. The van der Waals surface area contributed by atoms with Crippen LogP contribution in [0.15, 0.2) is 18.5 Å². The second-order valence-corrected chi connectivity index (χ2v) is 3.14. The molecule has 0 aliphatic carbocycles. The number of aromatic nitrogens is 2. The minimum absolute atomic E-state index is 0.879. The zero-order chi connectivity index (χ0) is 9.42. The van der Waals surface area contributed by atoms with Gasteiger partial charge in [0.1, 0.15) is 6.33 Å². The highest BCUT2D eigenvalue weighted by atomic mass is 15.0. The highest BCUT2D eigenvalue weighted by Gasteiger charge is 2.03. The van der Waals surface area contributed by atoms with Gasteiger partial charge in [-0.2, -0.15) is 5.26 Å². The summed E-state index contributed by atoms with van der Waals surface area (Å²) in [6, 6.07) is 3.99. The largest absolute Gasteiger partial charge is 0.236 e. The van der Waals surface area contributed by atoms with Crippen LogP contribution in [0.3, 0.4) is 0 Å². The lowest BCUT2D eigenvalue weighted by Gasteiger charge is -1.98. The molecule has 0 radical (unpaired) electrons. The van der Waals surface area contributed by atoms with Crippen molar-refractivity contribution in [3.05, 3.63) is 29.6 Å². The van der Waals surface area contributed by atoms with Gasteiger partial charge in [0.05, 0.1) is 11.0 Å². The van der Waals surface area contributed by atoms with Crippen molar-refractivity contribution in [3.63, 3.8) is 0 Å². The third-order valence-corrected chi connectivity index (χ3v) is 2.27. The topological polar surface area (TPSA) is 41.6 Å². The SMILES string of the molecule is Cc1cc2ncn(C#N)c2cc1C. The molecule has 2 rings (SSSR count). The molecule has 0 saturated heterocycles. The first-order valence-electron chi connectivity index (χ1n) is 4.07. The fraction of sp³-hybridized carbons (Fsp3) is 0.200. The predicted molar refractivity (Wildman–Crippen MR) is 50.2 cm³/mol. The standard InChI is InChI=1S/C10H9N3/c1-7-3-9-10(4-8(7)2)13(5-11)6-12-9/h3-4,6H,1-2H3. The summed E-state index contributed by atoms with van der Waals surface area (Å²) in [6.45, 7) is 4.07. The van der Waals surface area contributed by atoms with E-state index in [2.05, 4.69) is 11.2 Å². The molecule has 3 heteroatoms. The summed E-state index contributed by atoms with van der Waals surface area (Å²) >= 11 is 0. The molecule has 2 aromatic rings. The van der Waals surface area contributed by atoms with Gasteiger partial charge in [-0.05, 0) is 37.1 Å². The van der Waals surface area contributed by atoms with E-state index in [-0.39, 0.29) is 0 Å². The number of fused-ring (bicyclic) bond motifs is 1. The number of benzene rings is 1. The number of hydrogen-bond donors (Lipinski definition) is 0. The summed E-state index contributed by atoms with van der Waals surface area (Å²) in [7, 11) is 0. The van der Waals surface area contributed by atoms with Gasteiger partial charge in [0.2, 0.25) is 0 Å². The van der Waals surface area contributed by atoms with Gasteiger partial charge in [-0.15, -0.1) is 0 Å². The third kappa shape index (κ3) is 1.07. The van der Waals surface area contributed by atoms with E-state index in [1.54, 1.807) is 6.33 Å². The second kappa shape index (κ2) is 2.60. The van der Waals surface area contributed by atoms with Gasteiger partial charge in [-0.3, -0.25) is 0 Å². The molecular weight excluding hydrogens is 162 g/mol. The Morgan fingerprint density at radius 2 is 2.00 bits per heavy atom. The van der Waals surface area contributed by atoms with Crippen molar-refractivity contribution in [2.24, 2.45) is 0 Å². The molecule has 0 aliphatic heterocycles. The van der Waals surface area contributed by atoms with Crippen LogP contribution in [0.2, 0.25) is 0 Å². The van der Waals surface area contributed by atoms with Crippen LogP contribution in [0.4, 0.5) is 0 Å². The monoisotopic (exact) mass is 171 g/mol. The van der Waals surface area contributed by atoms with Crippen molar-refractivity contribution in [2.75, 3.05) is 0 Å². The van der Waals surface area contributed by atoms with E-state index in [0.717, 1.165) is 11.0 Å². The van der Waals surface area contributed by atoms with Crippen molar-refractivity contribution >= 4 is 11.0 Å². The smallest absolute Gasteiger partial charge is 0.190 e. The van der Waals surface area contributed by atoms with E-state index in [0.29, 0.717) is 0 Å². The number of nitriles is 1.